The van der Waals surface area contributed by atoms with Gasteiger partial charge in [0, 0.05) is 5.56 Å². The molecule has 0 unspecified atom stereocenters. The van der Waals surface area contributed by atoms with Crippen LogP contribution in [0, 0.1) is 0 Å². The van der Waals surface area contributed by atoms with Crippen LogP contribution in [0.2, 0.25) is 0 Å². The lowest BCUT2D eigenvalue weighted by molar-refractivity contribution is 0.507. The molecule has 0 fully saturated rings. The van der Waals surface area contributed by atoms with Crippen molar-refractivity contribution in [2.75, 3.05) is 0 Å². The molecule has 0 spiro atoms. The Hall–Kier alpha value is -1.35. The molecular formula is C10H9ClN2O. The van der Waals surface area contributed by atoms with E-state index in [0.717, 1.165) is 5.56 Å². The summed E-state index contributed by atoms with van der Waals surface area (Å²) in [5.41, 5.74) is 0.906. The third-order valence-corrected chi connectivity index (χ3v) is 1.99. The van der Waals surface area contributed by atoms with Crippen molar-refractivity contribution < 1.29 is 4.42 Å². The van der Waals surface area contributed by atoms with Crippen LogP contribution in [0.15, 0.2) is 34.7 Å². The van der Waals surface area contributed by atoms with Gasteiger partial charge >= 0.3 is 0 Å². The Morgan fingerprint density at radius 1 is 1.21 bits per heavy atom. The van der Waals surface area contributed by atoms with Gasteiger partial charge in [0.1, 0.15) is 5.38 Å². The Balaban J connectivity index is 2.34. The molecule has 3 nitrogen and oxygen atoms in total. The highest BCUT2D eigenvalue weighted by Crippen LogP contribution is 2.22. The predicted molar refractivity (Wildman–Crippen MR) is 54.0 cm³/mol. The molecule has 0 saturated carbocycles. The number of halogens is 1. The van der Waals surface area contributed by atoms with Gasteiger partial charge in [0.25, 0.3) is 0 Å². The maximum absolute atomic E-state index is 5.81. The van der Waals surface area contributed by atoms with Crippen LogP contribution in [-0.4, -0.2) is 10.2 Å². The Morgan fingerprint density at radius 3 is 2.50 bits per heavy atom. The molecule has 72 valence electrons. The highest BCUT2D eigenvalue weighted by molar-refractivity contribution is 6.20. The SMILES string of the molecule is C[C@@H](Cl)c1nnc(-c2ccccc2)o1. The second-order valence-electron chi connectivity index (χ2n) is 2.93. The summed E-state index contributed by atoms with van der Waals surface area (Å²) in [4.78, 5) is 0. The molecule has 1 heterocycles. The van der Waals surface area contributed by atoms with Gasteiger partial charge in [-0.15, -0.1) is 21.8 Å². The number of hydrogen-bond acceptors (Lipinski definition) is 3. The van der Waals surface area contributed by atoms with Crippen LogP contribution in [-0.2, 0) is 0 Å². The maximum Gasteiger partial charge on any atom is 0.247 e. The summed E-state index contributed by atoms with van der Waals surface area (Å²) in [7, 11) is 0. The molecule has 0 bridgehead atoms. The first-order valence-electron chi connectivity index (χ1n) is 4.30. The van der Waals surface area contributed by atoms with E-state index in [4.69, 9.17) is 16.0 Å². The van der Waals surface area contributed by atoms with Crippen LogP contribution in [0.5, 0.6) is 0 Å². The van der Waals surface area contributed by atoms with Crippen molar-refractivity contribution in [2.24, 2.45) is 0 Å². The average molecular weight is 209 g/mol. The minimum absolute atomic E-state index is 0.250. The molecule has 0 N–H and O–H groups in total. The van der Waals surface area contributed by atoms with Crippen LogP contribution in [0.3, 0.4) is 0 Å². The Bertz CT molecular complexity index is 411. The third kappa shape index (κ3) is 1.77. The summed E-state index contributed by atoms with van der Waals surface area (Å²) in [5.74, 6) is 0.957. The Labute approximate surface area is 86.7 Å². The summed E-state index contributed by atoms with van der Waals surface area (Å²) in [6, 6.07) is 9.60. The molecular weight excluding hydrogens is 200 g/mol. The monoisotopic (exact) mass is 208 g/mol. The first kappa shape index (κ1) is 9.21. The molecule has 1 aromatic heterocycles. The average Bonchev–Trinajstić information content (AvgIpc) is 2.68. The van der Waals surface area contributed by atoms with Crippen molar-refractivity contribution in [3.05, 3.63) is 36.2 Å². The number of rotatable bonds is 2. The van der Waals surface area contributed by atoms with Crippen molar-refractivity contribution in [3.63, 3.8) is 0 Å². The molecule has 0 aliphatic heterocycles. The summed E-state index contributed by atoms with van der Waals surface area (Å²) in [6.45, 7) is 1.80. The fourth-order valence-corrected chi connectivity index (χ4v) is 1.18. The normalized spacial score (nSPS) is 12.7. The van der Waals surface area contributed by atoms with Gasteiger partial charge in [-0.05, 0) is 19.1 Å². The predicted octanol–water partition coefficient (Wildman–Crippen LogP) is 3.04. The lowest BCUT2D eigenvalue weighted by Crippen LogP contribution is -1.81. The van der Waals surface area contributed by atoms with Crippen LogP contribution in [0.4, 0.5) is 0 Å². The van der Waals surface area contributed by atoms with Gasteiger partial charge in [0.2, 0.25) is 11.8 Å². The Kier molecular flexibility index (Phi) is 2.50. The highest BCUT2D eigenvalue weighted by Gasteiger charge is 2.11. The van der Waals surface area contributed by atoms with Gasteiger partial charge in [0.05, 0.1) is 0 Å². The lowest BCUT2D eigenvalue weighted by Gasteiger charge is -1.93. The van der Waals surface area contributed by atoms with Gasteiger partial charge in [-0.3, -0.25) is 0 Å². The number of alkyl halides is 1. The number of nitrogens with zero attached hydrogens (tertiary/aromatic N) is 2. The summed E-state index contributed by atoms with van der Waals surface area (Å²) in [5, 5.41) is 7.50. The fraction of sp³-hybridized carbons (Fsp3) is 0.200. The van der Waals surface area contributed by atoms with Crippen LogP contribution in [0.1, 0.15) is 18.2 Å². The van der Waals surface area contributed by atoms with Crippen LogP contribution >= 0.6 is 11.6 Å². The minimum Gasteiger partial charge on any atom is -0.419 e. The van der Waals surface area contributed by atoms with E-state index in [0.29, 0.717) is 11.8 Å². The maximum atomic E-state index is 5.81. The zero-order valence-electron chi connectivity index (χ0n) is 7.64. The number of aromatic nitrogens is 2. The molecule has 0 radical (unpaired) electrons. The molecule has 1 atom stereocenters. The molecule has 14 heavy (non-hydrogen) atoms. The van der Waals surface area contributed by atoms with E-state index >= 15 is 0 Å². The van der Waals surface area contributed by atoms with Crippen molar-refractivity contribution in [1.29, 1.82) is 0 Å². The fourth-order valence-electron chi connectivity index (χ4n) is 1.09. The molecule has 0 saturated heterocycles. The summed E-state index contributed by atoms with van der Waals surface area (Å²) < 4.78 is 5.38. The number of hydrogen-bond donors (Lipinski definition) is 0. The van der Waals surface area contributed by atoms with E-state index in [2.05, 4.69) is 10.2 Å². The lowest BCUT2D eigenvalue weighted by atomic mass is 10.2. The molecule has 0 aliphatic carbocycles. The largest absolute Gasteiger partial charge is 0.419 e. The molecule has 2 rings (SSSR count). The summed E-state index contributed by atoms with van der Waals surface area (Å²) in [6.07, 6.45) is 0. The van der Waals surface area contributed by atoms with Crippen molar-refractivity contribution in [3.8, 4) is 11.5 Å². The van der Waals surface area contributed by atoms with Gasteiger partial charge in [0.15, 0.2) is 0 Å². The van der Waals surface area contributed by atoms with Gasteiger partial charge in [-0.25, -0.2) is 0 Å². The van der Waals surface area contributed by atoms with E-state index in [1.807, 2.05) is 30.3 Å². The summed E-state index contributed by atoms with van der Waals surface area (Å²) >= 11 is 5.81. The van der Waals surface area contributed by atoms with E-state index in [-0.39, 0.29) is 5.38 Å². The van der Waals surface area contributed by atoms with Crippen LogP contribution < -0.4 is 0 Å². The first-order chi connectivity index (χ1) is 6.77. The molecule has 1 aromatic carbocycles. The Morgan fingerprint density at radius 2 is 1.93 bits per heavy atom. The quantitative estimate of drug-likeness (QED) is 0.712. The highest BCUT2D eigenvalue weighted by atomic mass is 35.5. The standard InChI is InChI=1S/C10H9ClN2O/c1-7(11)9-12-13-10(14-9)8-5-3-2-4-6-8/h2-7H,1H3/t7-/m1/s1. The second-order valence-corrected chi connectivity index (χ2v) is 3.58. The van der Waals surface area contributed by atoms with Gasteiger partial charge in [-0.1, -0.05) is 18.2 Å². The van der Waals surface area contributed by atoms with E-state index < -0.39 is 0 Å². The second kappa shape index (κ2) is 3.80. The molecule has 4 heteroatoms. The van der Waals surface area contributed by atoms with Crippen LogP contribution in [0.25, 0.3) is 11.5 Å². The van der Waals surface area contributed by atoms with Gasteiger partial charge < -0.3 is 4.42 Å². The van der Waals surface area contributed by atoms with E-state index in [9.17, 15) is 0 Å². The van der Waals surface area contributed by atoms with Gasteiger partial charge in [-0.2, -0.15) is 0 Å². The first-order valence-corrected chi connectivity index (χ1v) is 4.74. The third-order valence-electron chi connectivity index (χ3n) is 1.80. The zero-order chi connectivity index (χ0) is 9.97. The van der Waals surface area contributed by atoms with E-state index in [1.54, 1.807) is 6.92 Å². The minimum atomic E-state index is -0.250. The molecule has 2 aromatic rings. The zero-order valence-corrected chi connectivity index (χ0v) is 8.40. The topological polar surface area (TPSA) is 38.9 Å². The molecule has 0 amide bonds. The van der Waals surface area contributed by atoms with Crippen molar-refractivity contribution in [1.82, 2.24) is 10.2 Å². The van der Waals surface area contributed by atoms with E-state index in [1.165, 1.54) is 0 Å². The van der Waals surface area contributed by atoms with Crippen molar-refractivity contribution >= 4 is 11.6 Å². The smallest absolute Gasteiger partial charge is 0.247 e. The van der Waals surface area contributed by atoms with Crippen molar-refractivity contribution in [2.45, 2.75) is 12.3 Å². The molecule has 0 aliphatic rings. The number of benzene rings is 1.